The van der Waals surface area contributed by atoms with E-state index < -0.39 is 0 Å². The van der Waals surface area contributed by atoms with Crippen molar-refractivity contribution in [1.82, 2.24) is 19.5 Å². The first kappa shape index (κ1) is 31.0. The summed E-state index contributed by atoms with van der Waals surface area (Å²) in [6.45, 7) is 0. The van der Waals surface area contributed by atoms with Gasteiger partial charge in [-0.25, -0.2) is 15.0 Å². The van der Waals surface area contributed by atoms with E-state index in [0.29, 0.717) is 11.8 Å². The van der Waals surface area contributed by atoms with Gasteiger partial charge in [0, 0.05) is 38.7 Å². The van der Waals surface area contributed by atoms with Crippen molar-refractivity contribution >= 4 is 44.0 Å². The zero-order chi connectivity index (χ0) is 36.3. The van der Waals surface area contributed by atoms with E-state index >= 15 is 0 Å². The molecular weight excluding hydrogens is 677 g/mol. The van der Waals surface area contributed by atoms with Gasteiger partial charge in [0.15, 0.2) is 11.2 Å². The Balaban J connectivity index is 1.06. The van der Waals surface area contributed by atoms with Gasteiger partial charge in [-0.05, 0) is 96.1 Å². The minimum absolute atomic E-state index is 0.587. The van der Waals surface area contributed by atoms with E-state index in [4.69, 9.17) is 23.8 Å². The highest BCUT2D eigenvalue weighted by Gasteiger charge is 2.18. The van der Waals surface area contributed by atoms with E-state index in [0.717, 1.165) is 94.5 Å². The van der Waals surface area contributed by atoms with Gasteiger partial charge in [-0.2, -0.15) is 0 Å². The number of pyridine rings is 1. The first-order chi connectivity index (χ1) is 27.2. The molecule has 0 saturated carbocycles. The smallest absolute Gasteiger partial charge is 0.227 e. The SMILES string of the molecule is c1ccc(-c2cc(-c3ccccc3)nc(-c3ccc(-n4c5ccc(-c6nc7ccccc7o6)cc5c5cc(-c6nc7ccccc7o6)ccc54)cc3)c2)cc1. The van der Waals surface area contributed by atoms with E-state index in [1.807, 2.05) is 60.7 Å². The number of benzene rings is 7. The normalized spacial score (nSPS) is 11.6. The molecular formula is C49H30N4O2. The number of hydrogen-bond donors (Lipinski definition) is 0. The molecule has 0 atom stereocenters. The first-order valence-corrected chi connectivity index (χ1v) is 18.3. The lowest BCUT2D eigenvalue weighted by molar-refractivity contribution is 0.619. The lowest BCUT2D eigenvalue weighted by atomic mass is 10.00. The van der Waals surface area contributed by atoms with Crippen molar-refractivity contribution in [2.45, 2.75) is 0 Å². The Kier molecular flexibility index (Phi) is 7.07. The number of rotatable bonds is 6. The molecule has 6 nitrogen and oxygen atoms in total. The maximum atomic E-state index is 6.21. The van der Waals surface area contributed by atoms with Crippen LogP contribution in [0.25, 0.3) is 106 Å². The van der Waals surface area contributed by atoms with Crippen LogP contribution >= 0.6 is 0 Å². The highest BCUT2D eigenvalue weighted by Crippen LogP contribution is 2.39. The lowest BCUT2D eigenvalue weighted by Crippen LogP contribution is -1.95. The van der Waals surface area contributed by atoms with Crippen molar-refractivity contribution in [3.8, 4) is 62.2 Å². The Morgan fingerprint density at radius 3 is 1.33 bits per heavy atom. The molecule has 11 aromatic rings. The second kappa shape index (κ2) is 12.5. The summed E-state index contributed by atoms with van der Waals surface area (Å²) in [5.41, 5.74) is 14.4. The van der Waals surface area contributed by atoms with E-state index in [-0.39, 0.29) is 0 Å². The fraction of sp³-hybridized carbons (Fsp3) is 0. The molecule has 0 N–H and O–H groups in total. The van der Waals surface area contributed by atoms with Crippen molar-refractivity contribution < 1.29 is 8.83 Å². The second-order valence-electron chi connectivity index (χ2n) is 13.7. The van der Waals surface area contributed by atoms with Crippen LogP contribution in [0.3, 0.4) is 0 Å². The van der Waals surface area contributed by atoms with Crippen molar-refractivity contribution in [2.75, 3.05) is 0 Å². The number of para-hydroxylation sites is 4. The van der Waals surface area contributed by atoms with Gasteiger partial charge in [-0.3, -0.25) is 0 Å². The highest BCUT2D eigenvalue weighted by atomic mass is 16.4. The Morgan fingerprint density at radius 2 is 0.800 bits per heavy atom. The summed E-state index contributed by atoms with van der Waals surface area (Å²) in [5, 5.41) is 2.14. The Labute approximate surface area is 315 Å². The third kappa shape index (κ3) is 5.39. The molecule has 0 amide bonds. The Morgan fingerprint density at radius 1 is 0.345 bits per heavy atom. The van der Waals surface area contributed by atoms with E-state index in [1.54, 1.807) is 0 Å². The molecule has 0 radical (unpaired) electrons. The molecule has 0 spiro atoms. The average molecular weight is 707 g/mol. The van der Waals surface area contributed by atoms with Crippen LogP contribution in [0.5, 0.6) is 0 Å². The maximum absolute atomic E-state index is 6.21. The topological polar surface area (TPSA) is 69.9 Å². The Hall–Kier alpha value is -7.57. The highest BCUT2D eigenvalue weighted by molar-refractivity contribution is 6.11. The van der Waals surface area contributed by atoms with Crippen LogP contribution < -0.4 is 0 Å². The van der Waals surface area contributed by atoms with Crippen LogP contribution in [0.4, 0.5) is 0 Å². The third-order valence-corrected chi connectivity index (χ3v) is 10.3. The predicted molar refractivity (Wildman–Crippen MR) is 221 cm³/mol. The summed E-state index contributed by atoms with van der Waals surface area (Å²) in [7, 11) is 0. The molecule has 0 aliphatic rings. The number of aromatic nitrogens is 4. The summed E-state index contributed by atoms with van der Waals surface area (Å²) >= 11 is 0. The van der Waals surface area contributed by atoms with E-state index in [2.05, 4.69) is 126 Å². The van der Waals surface area contributed by atoms with Gasteiger partial charge in [0.2, 0.25) is 11.8 Å². The van der Waals surface area contributed by atoms with E-state index in [1.165, 1.54) is 0 Å². The largest absolute Gasteiger partial charge is 0.436 e. The van der Waals surface area contributed by atoms with Crippen LogP contribution in [0.1, 0.15) is 0 Å². The first-order valence-electron chi connectivity index (χ1n) is 18.3. The fourth-order valence-electron chi connectivity index (χ4n) is 7.57. The van der Waals surface area contributed by atoms with Crippen molar-refractivity contribution in [1.29, 1.82) is 0 Å². The summed E-state index contributed by atoms with van der Waals surface area (Å²) in [4.78, 5) is 14.8. The Bertz CT molecular complexity index is 2940. The number of fused-ring (bicyclic) bond motifs is 5. The van der Waals surface area contributed by atoms with Gasteiger partial charge in [0.05, 0.1) is 22.4 Å². The van der Waals surface area contributed by atoms with Crippen molar-refractivity contribution in [2.24, 2.45) is 0 Å². The van der Waals surface area contributed by atoms with Gasteiger partial charge in [-0.1, -0.05) is 97.1 Å². The van der Waals surface area contributed by atoms with Crippen LogP contribution in [-0.4, -0.2) is 19.5 Å². The monoisotopic (exact) mass is 706 g/mol. The van der Waals surface area contributed by atoms with Crippen LogP contribution in [-0.2, 0) is 0 Å². The number of nitrogens with zero attached hydrogens (tertiary/aromatic N) is 4. The lowest BCUT2D eigenvalue weighted by Gasteiger charge is -2.12. The minimum atomic E-state index is 0.587. The van der Waals surface area contributed by atoms with Gasteiger partial charge in [0.25, 0.3) is 0 Å². The van der Waals surface area contributed by atoms with Gasteiger partial charge >= 0.3 is 0 Å². The summed E-state index contributed by atoms with van der Waals surface area (Å²) in [6.07, 6.45) is 0. The molecule has 11 rings (SSSR count). The molecule has 0 fully saturated rings. The van der Waals surface area contributed by atoms with Crippen LogP contribution in [0.2, 0.25) is 0 Å². The second-order valence-corrected chi connectivity index (χ2v) is 13.7. The molecule has 4 aromatic heterocycles. The van der Waals surface area contributed by atoms with Crippen LogP contribution in [0.15, 0.2) is 191 Å². The number of hydrogen-bond acceptors (Lipinski definition) is 5. The third-order valence-electron chi connectivity index (χ3n) is 10.3. The molecule has 7 aromatic carbocycles. The molecule has 0 unspecified atom stereocenters. The quantitative estimate of drug-likeness (QED) is 0.172. The maximum Gasteiger partial charge on any atom is 0.227 e. The standard InChI is InChI=1S/C49H30N4O2/c1-3-11-31(12-4-1)36-29-42(32-13-5-2-6-14-32)50-43(30-36)33-19-23-37(24-20-33)53-44-25-21-34(48-51-40-15-7-9-17-46(40)54-48)27-38(44)39-28-35(22-26-45(39)53)49-52-41-16-8-10-18-47(41)55-49/h1-30H. The summed E-state index contributed by atoms with van der Waals surface area (Å²) < 4.78 is 14.7. The van der Waals surface area contributed by atoms with Gasteiger partial charge < -0.3 is 13.4 Å². The molecule has 0 saturated heterocycles. The summed E-state index contributed by atoms with van der Waals surface area (Å²) in [5.74, 6) is 1.17. The molecule has 55 heavy (non-hydrogen) atoms. The fourth-order valence-corrected chi connectivity index (χ4v) is 7.57. The van der Waals surface area contributed by atoms with Crippen molar-refractivity contribution in [3.63, 3.8) is 0 Å². The molecule has 4 heterocycles. The molecule has 0 bridgehead atoms. The van der Waals surface area contributed by atoms with Crippen LogP contribution in [0, 0.1) is 0 Å². The molecule has 6 heteroatoms. The molecule has 258 valence electrons. The molecule has 0 aliphatic heterocycles. The zero-order valence-electron chi connectivity index (χ0n) is 29.4. The van der Waals surface area contributed by atoms with Gasteiger partial charge in [-0.15, -0.1) is 0 Å². The molecule has 0 aliphatic carbocycles. The summed E-state index contributed by atoms with van der Waals surface area (Å²) in [6, 6.07) is 62.4. The van der Waals surface area contributed by atoms with Crippen molar-refractivity contribution in [3.05, 3.63) is 182 Å². The average Bonchev–Trinajstić information content (AvgIpc) is 3.98. The predicted octanol–water partition coefficient (Wildman–Crippen LogP) is 12.8. The zero-order valence-corrected chi connectivity index (χ0v) is 29.4. The minimum Gasteiger partial charge on any atom is -0.436 e. The number of oxazole rings is 2. The van der Waals surface area contributed by atoms with E-state index in [9.17, 15) is 0 Å². The van der Waals surface area contributed by atoms with Gasteiger partial charge in [0.1, 0.15) is 11.0 Å².